The fraction of sp³-hybridized carbons (Fsp3) is 0.429. The maximum atomic E-state index is 13.4. The molecule has 9 nitrogen and oxygen atoms in total. The molecule has 0 radical (unpaired) electrons. The van der Waals surface area contributed by atoms with Crippen molar-refractivity contribution in [2.45, 2.75) is 58.3 Å². The van der Waals surface area contributed by atoms with E-state index < -0.39 is 17.6 Å². The van der Waals surface area contributed by atoms with Crippen LogP contribution in [-0.2, 0) is 38.6 Å². The number of fused-ring (bicyclic) bond motifs is 3. The molecule has 3 heterocycles. The first-order chi connectivity index (χ1) is 17.6. The first kappa shape index (κ1) is 26.3. The molecule has 1 unspecified atom stereocenters. The fourth-order valence-electron chi connectivity index (χ4n) is 4.81. The molecule has 9 heteroatoms. The predicted molar refractivity (Wildman–Crippen MR) is 139 cm³/mol. The number of amides is 2. The maximum absolute atomic E-state index is 13.4. The highest BCUT2D eigenvalue weighted by Crippen LogP contribution is 2.33. The lowest BCUT2D eigenvalue weighted by molar-refractivity contribution is -0.155. The molecular weight excluding hydrogens is 472 g/mol. The highest BCUT2D eigenvalue weighted by Gasteiger charge is 2.35. The Labute approximate surface area is 217 Å². The molecule has 1 aromatic carbocycles. The van der Waals surface area contributed by atoms with Crippen LogP contribution in [0.15, 0.2) is 42.6 Å². The highest BCUT2D eigenvalue weighted by molar-refractivity contribution is 5.93. The van der Waals surface area contributed by atoms with Crippen molar-refractivity contribution >= 4 is 29.2 Å². The Balaban J connectivity index is 1.57. The van der Waals surface area contributed by atoms with E-state index in [1.807, 2.05) is 42.4 Å². The van der Waals surface area contributed by atoms with Crippen LogP contribution in [0.5, 0.6) is 5.88 Å². The van der Waals surface area contributed by atoms with Crippen LogP contribution in [0.1, 0.15) is 44.0 Å². The summed E-state index contributed by atoms with van der Waals surface area (Å²) in [5.74, 6) is -0.193. The summed E-state index contributed by atoms with van der Waals surface area (Å²) in [5.41, 5.74) is 3.74. The molecule has 0 saturated carbocycles. The number of methoxy groups -OCH3 is 1. The molecule has 3 aromatic rings. The Kier molecular flexibility index (Phi) is 7.63. The molecule has 1 atom stereocenters. The van der Waals surface area contributed by atoms with Crippen molar-refractivity contribution in [2.24, 2.45) is 0 Å². The van der Waals surface area contributed by atoms with Gasteiger partial charge in [0, 0.05) is 48.5 Å². The van der Waals surface area contributed by atoms with Crippen molar-refractivity contribution in [1.82, 2.24) is 19.4 Å². The van der Waals surface area contributed by atoms with E-state index in [1.54, 1.807) is 27.9 Å². The third kappa shape index (κ3) is 5.83. The Hall–Kier alpha value is -3.72. The normalized spacial score (nSPS) is 15.8. The predicted octanol–water partition coefficient (Wildman–Crippen LogP) is 3.17. The number of rotatable bonds is 8. The Morgan fingerprint density at radius 3 is 2.59 bits per heavy atom. The van der Waals surface area contributed by atoms with Crippen LogP contribution in [0.25, 0.3) is 10.9 Å². The summed E-state index contributed by atoms with van der Waals surface area (Å²) < 4.78 is 12.8. The molecule has 1 aliphatic rings. The van der Waals surface area contributed by atoms with Gasteiger partial charge >= 0.3 is 5.97 Å². The molecular formula is C28H34N4O5. The number of carbonyl (C=O) groups excluding carboxylic acids is 3. The van der Waals surface area contributed by atoms with E-state index in [4.69, 9.17) is 9.47 Å². The van der Waals surface area contributed by atoms with Crippen LogP contribution < -0.4 is 4.74 Å². The number of para-hydroxylation sites is 1. The molecule has 0 aliphatic carbocycles. The van der Waals surface area contributed by atoms with Crippen LogP contribution >= 0.6 is 0 Å². The summed E-state index contributed by atoms with van der Waals surface area (Å²) in [4.78, 5) is 44.8. The molecule has 0 spiro atoms. The van der Waals surface area contributed by atoms with Gasteiger partial charge < -0.3 is 14.0 Å². The Bertz CT molecular complexity index is 1290. The van der Waals surface area contributed by atoms with Gasteiger partial charge in [-0.1, -0.05) is 24.3 Å². The number of imide groups is 1. The number of nitrogens with zero attached hydrogens (tertiary/aromatic N) is 4. The van der Waals surface area contributed by atoms with Gasteiger partial charge in [0.15, 0.2) is 0 Å². The lowest BCUT2D eigenvalue weighted by Gasteiger charge is -2.34. The SMILES string of the molecule is COc1ccc(Cn2c3c(c4ccccc42)CC(C(=O)N(C=O)CCC(=O)OC(C)(C)C)N(C)C3)cn1. The molecule has 37 heavy (non-hydrogen) atoms. The third-order valence-electron chi connectivity index (χ3n) is 6.54. The van der Waals surface area contributed by atoms with Gasteiger partial charge in [0.25, 0.3) is 0 Å². The molecule has 196 valence electrons. The standard InChI is InChI=1S/C28H34N4O5/c1-28(2,3)37-26(34)12-13-31(18-33)27(35)23-14-21-20-8-6-7-9-22(20)32(24(21)17-30(23)4)16-19-10-11-25(36-5)29-15-19/h6-11,15,18,23H,12-14,16-17H2,1-5H3. The second-order valence-corrected chi connectivity index (χ2v) is 10.3. The zero-order valence-electron chi connectivity index (χ0n) is 22.1. The van der Waals surface area contributed by atoms with E-state index in [0.29, 0.717) is 31.8 Å². The maximum Gasteiger partial charge on any atom is 0.308 e. The number of benzene rings is 1. The fourth-order valence-corrected chi connectivity index (χ4v) is 4.81. The molecule has 2 amide bonds. The smallest absolute Gasteiger partial charge is 0.308 e. The molecule has 0 bridgehead atoms. The molecule has 0 saturated heterocycles. The number of ether oxygens (including phenoxy) is 2. The van der Waals surface area contributed by atoms with Crippen molar-refractivity contribution in [3.8, 4) is 5.88 Å². The van der Waals surface area contributed by atoms with E-state index in [1.165, 1.54) is 0 Å². The molecule has 0 fully saturated rings. The van der Waals surface area contributed by atoms with Crippen LogP contribution in [0.2, 0.25) is 0 Å². The van der Waals surface area contributed by atoms with Gasteiger partial charge in [0.2, 0.25) is 18.2 Å². The number of pyridine rings is 1. The summed E-state index contributed by atoms with van der Waals surface area (Å²) >= 11 is 0. The summed E-state index contributed by atoms with van der Waals surface area (Å²) in [6.07, 6.45) is 2.75. The summed E-state index contributed by atoms with van der Waals surface area (Å²) in [6, 6.07) is 11.5. The van der Waals surface area contributed by atoms with Gasteiger partial charge in [-0.15, -0.1) is 0 Å². The average Bonchev–Trinajstić information content (AvgIpc) is 3.15. The zero-order valence-corrected chi connectivity index (χ0v) is 22.1. The first-order valence-electron chi connectivity index (χ1n) is 12.4. The lowest BCUT2D eigenvalue weighted by atomic mass is 9.96. The molecule has 2 aromatic heterocycles. The number of hydrogen-bond donors (Lipinski definition) is 0. The molecule has 4 rings (SSSR count). The van der Waals surface area contributed by atoms with E-state index in [2.05, 4.69) is 21.7 Å². The summed E-state index contributed by atoms with van der Waals surface area (Å²) in [6.45, 7) is 6.51. The number of likely N-dealkylation sites (N-methyl/N-ethyl adjacent to an activating group) is 1. The third-order valence-corrected chi connectivity index (χ3v) is 6.54. The first-order valence-corrected chi connectivity index (χ1v) is 12.4. The van der Waals surface area contributed by atoms with Crippen molar-refractivity contribution < 1.29 is 23.9 Å². The minimum Gasteiger partial charge on any atom is -0.481 e. The number of hydrogen-bond acceptors (Lipinski definition) is 7. The zero-order chi connectivity index (χ0) is 26.7. The van der Waals surface area contributed by atoms with Gasteiger partial charge in [-0.05, 0) is 51.4 Å². The highest BCUT2D eigenvalue weighted by atomic mass is 16.6. The van der Waals surface area contributed by atoms with Crippen LogP contribution in [0, 0.1) is 0 Å². The number of esters is 1. The van der Waals surface area contributed by atoms with Crippen LogP contribution in [0.3, 0.4) is 0 Å². The quantitative estimate of drug-likeness (QED) is 0.342. The van der Waals surface area contributed by atoms with Gasteiger partial charge in [-0.2, -0.15) is 0 Å². The van der Waals surface area contributed by atoms with E-state index in [-0.39, 0.29) is 18.9 Å². The van der Waals surface area contributed by atoms with Gasteiger partial charge in [-0.25, -0.2) is 4.98 Å². The van der Waals surface area contributed by atoms with Crippen molar-refractivity contribution in [3.05, 3.63) is 59.4 Å². The second kappa shape index (κ2) is 10.7. The second-order valence-electron chi connectivity index (χ2n) is 10.3. The minimum absolute atomic E-state index is 0.0132. The van der Waals surface area contributed by atoms with Gasteiger partial charge in [0.1, 0.15) is 5.60 Å². The monoisotopic (exact) mass is 506 g/mol. The number of carbonyl (C=O) groups is 3. The van der Waals surface area contributed by atoms with Gasteiger partial charge in [0.05, 0.1) is 19.6 Å². The summed E-state index contributed by atoms with van der Waals surface area (Å²) in [7, 11) is 3.48. The molecule has 0 N–H and O–H groups in total. The van der Waals surface area contributed by atoms with E-state index in [9.17, 15) is 14.4 Å². The average molecular weight is 507 g/mol. The topological polar surface area (TPSA) is 94.0 Å². The molecule has 1 aliphatic heterocycles. The van der Waals surface area contributed by atoms with E-state index in [0.717, 1.165) is 32.6 Å². The summed E-state index contributed by atoms with van der Waals surface area (Å²) in [5, 5.41) is 1.09. The van der Waals surface area contributed by atoms with Crippen molar-refractivity contribution in [2.75, 3.05) is 20.7 Å². The van der Waals surface area contributed by atoms with Crippen molar-refractivity contribution in [3.63, 3.8) is 0 Å². The van der Waals surface area contributed by atoms with Crippen molar-refractivity contribution in [1.29, 1.82) is 0 Å². The minimum atomic E-state index is -0.622. The van der Waals surface area contributed by atoms with E-state index >= 15 is 0 Å². The van der Waals surface area contributed by atoms with Gasteiger partial charge in [-0.3, -0.25) is 24.2 Å². The Morgan fingerprint density at radius 1 is 1.19 bits per heavy atom. The largest absolute Gasteiger partial charge is 0.481 e. The van der Waals surface area contributed by atoms with Crippen LogP contribution in [-0.4, -0.2) is 70.0 Å². The Morgan fingerprint density at radius 2 is 1.95 bits per heavy atom. The lowest BCUT2D eigenvalue weighted by Crippen LogP contribution is -2.50. The van der Waals surface area contributed by atoms with Crippen LogP contribution in [0.4, 0.5) is 0 Å². The number of aromatic nitrogens is 2.